The molecule has 2 N–H and O–H groups in total. The molecular weight excluding hydrogens is 240 g/mol. The van der Waals surface area contributed by atoms with Gasteiger partial charge in [-0.3, -0.25) is 15.0 Å². The van der Waals surface area contributed by atoms with Crippen LogP contribution in [-0.2, 0) is 6.54 Å². The minimum absolute atomic E-state index is 0.289. The predicted molar refractivity (Wildman–Crippen MR) is 72.3 cm³/mol. The van der Waals surface area contributed by atoms with Crippen LogP contribution in [0.2, 0.25) is 0 Å². The molecule has 0 saturated carbocycles. The first kappa shape index (κ1) is 12.3. The Hall–Kier alpha value is -1.72. The number of likely N-dealkylation sites (tertiary alicyclic amines) is 1. The fourth-order valence-electron chi connectivity index (χ4n) is 2.64. The molecule has 1 aliphatic rings. The van der Waals surface area contributed by atoms with Gasteiger partial charge in [0.05, 0.1) is 11.9 Å². The third-order valence-corrected chi connectivity index (χ3v) is 3.69. The summed E-state index contributed by atoms with van der Waals surface area (Å²) in [5.41, 5.74) is 3.29. The number of hydrogen-bond acceptors (Lipinski definition) is 4. The molecule has 5 nitrogen and oxygen atoms in total. The second-order valence-corrected chi connectivity index (χ2v) is 5.08. The van der Waals surface area contributed by atoms with E-state index in [0.29, 0.717) is 5.92 Å². The molecule has 1 atom stereocenters. The summed E-state index contributed by atoms with van der Waals surface area (Å²) in [5, 5.41) is 16.4. The summed E-state index contributed by atoms with van der Waals surface area (Å²) >= 11 is 0. The van der Waals surface area contributed by atoms with Crippen LogP contribution in [-0.4, -0.2) is 44.9 Å². The minimum atomic E-state index is 0.289. The second kappa shape index (κ2) is 5.50. The van der Waals surface area contributed by atoms with Crippen molar-refractivity contribution >= 4 is 0 Å². The number of rotatable bonds is 4. The lowest BCUT2D eigenvalue weighted by molar-refractivity contribution is 0.220. The van der Waals surface area contributed by atoms with Gasteiger partial charge in [0.2, 0.25) is 0 Å². The fourth-order valence-corrected chi connectivity index (χ4v) is 2.64. The van der Waals surface area contributed by atoms with Crippen molar-refractivity contribution in [3.63, 3.8) is 0 Å². The van der Waals surface area contributed by atoms with Crippen molar-refractivity contribution in [1.82, 2.24) is 20.1 Å². The highest BCUT2D eigenvalue weighted by atomic mass is 16.3. The maximum absolute atomic E-state index is 9.19. The van der Waals surface area contributed by atoms with E-state index < -0.39 is 0 Å². The molecule has 0 amide bonds. The number of aliphatic hydroxyl groups is 1. The number of nitrogens with one attached hydrogen (secondary N) is 1. The first-order valence-corrected chi connectivity index (χ1v) is 6.62. The largest absolute Gasteiger partial charge is 0.396 e. The number of hydrogen-bond donors (Lipinski definition) is 2. The molecule has 0 bridgehead atoms. The summed E-state index contributed by atoms with van der Waals surface area (Å²) in [6, 6.07) is 3.96. The molecule has 1 aliphatic heterocycles. The molecule has 2 aromatic rings. The lowest BCUT2D eigenvalue weighted by Gasteiger charge is -2.15. The fraction of sp³-hybridized carbons (Fsp3) is 0.429. The lowest BCUT2D eigenvalue weighted by atomic mass is 10.1. The van der Waals surface area contributed by atoms with Crippen LogP contribution in [0.3, 0.4) is 0 Å². The van der Waals surface area contributed by atoms with Crippen molar-refractivity contribution in [1.29, 1.82) is 0 Å². The van der Waals surface area contributed by atoms with Crippen molar-refractivity contribution in [2.45, 2.75) is 13.0 Å². The highest BCUT2D eigenvalue weighted by molar-refractivity contribution is 5.61. The van der Waals surface area contributed by atoms with Gasteiger partial charge in [-0.1, -0.05) is 0 Å². The molecule has 1 unspecified atom stereocenters. The van der Waals surface area contributed by atoms with E-state index >= 15 is 0 Å². The van der Waals surface area contributed by atoms with Crippen LogP contribution >= 0.6 is 0 Å². The van der Waals surface area contributed by atoms with Gasteiger partial charge in [0.25, 0.3) is 0 Å². The monoisotopic (exact) mass is 258 g/mol. The van der Waals surface area contributed by atoms with E-state index in [9.17, 15) is 5.11 Å². The molecule has 0 aliphatic carbocycles. The minimum Gasteiger partial charge on any atom is -0.396 e. The molecule has 1 fully saturated rings. The lowest BCUT2D eigenvalue weighted by Crippen LogP contribution is -2.21. The van der Waals surface area contributed by atoms with E-state index in [-0.39, 0.29) is 6.61 Å². The molecule has 0 aromatic carbocycles. The molecule has 0 radical (unpaired) electrons. The Labute approximate surface area is 112 Å². The highest BCUT2D eigenvalue weighted by Crippen LogP contribution is 2.24. The van der Waals surface area contributed by atoms with E-state index in [1.165, 1.54) is 5.56 Å². The highest BCUT2D eigenvalue weighted by Gasteiger charge is 2.22. The SMILES string of the molecule is OCC1CCN(Cc2cn[nH]c2-c2cccnc2)C1. The molecule has 100 valence electrons. The summed E-state index contributed by atoms with van der Waals surface area (Å²) in [6.07, 6.45) is 6.58. The Morgan fingerprint density at radius 3 is 3.11 bits per heavy atom. The molecular formula is C14H18N4O. The molecule has 3 heterocycles. The summed E-state index contributed by atoms with van der Waals surface area (Å²) in [5.74, 6) is 0.425. The Balaban J connectivity index is 1.75. The van der Waals surface area contributed by atoms with Gasteiger partial charge in [0, 0.05) is 43.2 Å². The van der Waals surface area contributed by atoms with Crippen LogP contribution in [0.15, 0.2) is 30.7 Å². The molecule has 3 rings (SSSR count). The number of nitrogens with zero attached hydrogens (tertiary/aromatic N) is 3. The zero-order chi connectivity index (χ0) is 13.1. The van der Waals surface area contributed by atoms with E-state index in [1.807, 2.05) is 24.5 Å². The summed E-state index contributed by atoms with van der Waals surface area (Å²) in [4.78, 5) is 6.51. The average molecular weight is 258 g/mol. The maximum Gasteiger partial charge on any atom is 0.0710 e. The maximum atomic E-state index is 9.19. The van der Waals surface area contributed by atoms with Gasteiger partial charge in [0.15, 0.2) is 0 Å². The first-order valence-electron chi connectivity index (χ1n) is 6.62. The zero-order valence-electron chi connectivity index (χ0n) is 10.8. The van der Waals surface area contributed by atoms with Crippen LogP contribution in [0, 0.1) is 5.92 Å². The second-order valence-electron chi connectivity index (χ2n) is 5.08. The van der Waals surface area contributed by atoms with E-state index in [1.54, 1.807) is 6.20 Å². The third-order valence-electron chi connectivity index (χ3n) is 3.69. The van der Waals surface area contributed by atoms with Crippen LogP contribution in [0.5, 0.6) is 0 Å². The van der Waals surface area contributed by atoms with Crippen LogP contribution < -0.4 is 0 Å². The normalized spacial score (nSPS) is 19.9. The Kier molecular flexibility index (Phi) is 3.57. The van der Waals surface area contributed by atoms with E-state index in [2.05, 4.69) is 20.1 Å². The molecule has 5 heteroatoms. The van der Waals surface area contributed by atoms with Crippen molar-refractivity contribution < 1.29 is 5.11 Å². The standard InChI is InChI=1S/C14H18N4O/c19-10-11-3-5-18(8-11)9-13-7-16-17-14(13)12-2-1-4-15-6-12/h1-2,4,6-7,11,19H,3,5,8-10H2,(H,16,17). The van der Waals surface area contributed by atoms with Gasteiger partial charge in [0.1, 0.15) is 0 Å². The van der Waals surface area contributed by atoms with Gasteiger partial charge in [-0.25, -0.2) is 0 Å². The van der Waals surface area contributed by atoms with Gasteiger partial charge >= 0.3 is 0 Å². The Morgan fingerprint density at radius 1 is 1.42 bits per heavy atom. The smallest absolute Gasteiger partial charge is 0.0710 e. The third kappa shape index (κ3) is 2.67. The molecule has 0 spiro atoms. The van der Waals surface area contributed by atoms with Crippen molar-refractivity contribution in [3.05, 3.63) is 36.3 Å². The number of pyridine rings is 1. The first-order chi connectivity index (χ1) is 9.36. The summed E-state index contributed by atoms with van der Waals surface area (Å²) < 4.78 is 0. The van der Waals surface area contributed by atoms with E-state index in [0.717, 1.165) is 37.3 Å². The number of H-pyrrole nitrogens is 1. The van der Waals surface area contributed by atoms with Gasteiger partial charge in [-0.05, 0) is 31.0 Å². The van der Waals surface area contributed by atoms with Crippen LogP contribution in [0.1, 0.15) is 12.0 Å². The zero-order valence-corrected chi connectivity index (χ0v) is 10.8. The number of aromatic amines is 1. The van der Waals surface area contributed by atoms with Crippen molar-refractivity contribution in [2.24, 2.45) is 5.92 Å². The Morgan fingerprint density at radius 2 is 2.37 bits per heavy atom. The van der Waals surface area contributed by atoms with Crippen LogP contribution in [0.25, 0.3) is 11.3 Å². The summed E-state index contributed by atoms with van der Waals surface area (Å²) in [6.45, 7) is 3.17. The van der Waals surface area contributed by atoms with Crippen molar-refractivity contribution in [2.75, 3.05) is 19.7 Å². The predicted octanol–water partition coefficient (Wildman–Crippen LogP) is 1.29. The topological polar surface area (TPSA) is 65.0 Å². The summed E-state index contributed by atoms with van der Waals surface area (Å²) in [7, 11) is 0. The molecule has 19 heavy (non-hydrogen) atoms. The average Bonchev–Trinajstić information content (AvgIpc) is 3.09. The van der Waals surface area contributed by atoms with Gasteiger partial charge in [-0.15, -0.1) is 0 Å². The molecule has 1 saturated heterocycles. The van der Waals surface area contributed by atoms with Gasteiger partial charge < -0.3 is 5.11 Å². The molecule has 2 aromatic heterocycles. The number of aromatic nitrogens is 3. The number of aliphatic hydroxyl groups excluding tert-OH is 1. The van der Waals surface area contributed by atoms with E-state index in [4.69, 9.17) is 0 Å². The Bertz CT molecular complexity index is 525. The van der Waals surface area contributed by atoms with Crippen LogP contribution in [0.4, 0.5) is 0 Å². The van der Waals surface area contributed by atoms with Gasteiger partial charge in [-0.2, -0.15) is 5.10 Å². The van der Waals surface area contributed by atoms with Crippen molar-refractivity contribution in [3.8, 4) is 11.3 Å². The quantitative estimate of drug-likeness (QED) is 0.867.